The Hall–Kier alpha value is -4.72. The fourth-order valence-corrected chi connectivity index (χ4v) is 4.46. The van der Waals surface area contributed by atoms with Gasteiger partial charge in [-0.25, -0.2) is 28.7 Å². The second kappa shape index (κ2) is 12.7. The van der Waals surface area contributed by atoms with Crippen LogP contribution in [-0.2, 0) is 13.0 Å². The van der Waals surface area contributed by atoms with E-state index < -0.39 is 24.4 Å². The molecular weight excluding hydrogens is 571 g/mol. The number of halogens is 5. The number of ether oxygens (including phenoxy) is 1. The summed E-state index contributed by atoms with van der Waals surface area (Å²) in [5.74, 6) is 0.00632. The van der Waals surface area contributed by atoms with Gasteiger partial charge in [-0.1, -0.05) is 18.2 Å². The highest BCUT2D eigenvalue weighted by Crippen LogP contribution is 2.30. The molecule has 0 amide bonds. The summed E-state index contributed by atoms with van der Waals surface area (Å²) in [6.07, 6.45) is -1.08. The fraction of sp³-hybridized carbons (Fsp3) is 0.276. The van der Waals surface area contributed by atoms with Crippen molar-refractivity contribution in [3.8, 4) is 17.3 Å². The van der Waals surface area contributed by atoms with Crippen LogP contribution in [-0.4, -0.2) is 55.6 Å². The lowest BCUT2D eigenvalue weighted by molar-refractivity contribution is -0.124. The van der Waals surface area contributed by atoms with Crippen LogP contribution in [0.25, 0.3) is 22.4 Å². The van der Waals surface area contributed by atoms with Gasteiger partial charge >= 0.3 is 6.18 Å². The van der Waals surface area contributed by atoms with E-state index in [0.717, 1.165) is 12.1 Å². The van der Waals surface area contributed by atoms with E-state index >= 15 is 0 Å². The fourth-order valence-electron chi connectivity index (χ4n) is 4.46. The summed E-state index contributed by atoms with van der Waals surface area (Å²) in [4.78, 5) is 17.5. The number of alkyl halides is 3. The highest BCUT2D eigenvalue weighted by Gasteiger charge is 2.26. The SMILES string of the molecule is CCOc1cc(F)c(Cn2nc(-c3ncc(CCNCC(F)(F)F)c(Nc4ccnc(C)n4)n3)c3ccccc32)c(F)c1. The quantitative estimate of drug-likeness (QED) is 0.146. The summed E-state index contributed by atoms with van der Waals surface area (Å²) in [5.41, 5.74) is 1.30. The zero-order valence-corrected chi connectivity index (χ0v) is 23.2. The predicted molar refractivity (Wildman–Crippen MR) is 150 cm³/mol. The number of benzene rings is 2. The Labute approximate surface area is 243 Å². The van der Waals surface area contributed by atoms with Gasteiger partial charge in [-0.3, -0.25) is 4.68 Å². The van der Waals surface area contributed by atoms with Gasteiger partial charge in [0.2, 0.25) is 0 Å². The number of hydrogen-bond acceptors (Lipinski definition) is 8. The van der Waals surface area contributed by atoms with Crippen molar-refractivity contribution in [2.45, 2.75) is 33.0 Å². The largest absolute Gasteiger partial charge is 0.494 e. The molecule has 224 valence electrons. The molecule has 43 heavy (non-hydrogen) atoms. The maximum absolute atomic E-state index is 14.9. The molecule has 0 aliphatic rings. The first-order valence-electron chi connectivity index (χ1n) is 13.4. The van der Waals surface area contributed by atoms with Gasteiger partial charge in [-0.15, -0.1) is 0 Å². The highest BCUT2D eigenvalue weighted by atomic mass is 19.4. The first-order valence-corrected chi connectivity index (χ1v) is 13.4. The van der Waals surface area contributed by atoms with Crippen molar-refractivity contribution in [1.29, 1.82) is 0 Å². The Morgan fingerprint density at radius 3 is 2.49 bits per heavy atom. The van der Waals surface area contributed by atoms with E-state index in [1.807, 2.05) is 0 Å². The van der Waals surface area contributed by atoms with Crippen LogP contribution in [0.4, 0.5) is 33.6 Å². The summed E-state index contributed by atoms with van der Waals surface area (Å²) in [6, 6.07) is 11.0. The first kappa shape index (κ1) is 29.8. The van der Waals surface area contributed by atoms with Gasteiger partial charge in [0.1, 0.15) is 40.5 Å². The standard InChI is InChI=1S/C29H27F5N8O/c1-3-43-19-12-22(30)21(23(31)13-19)15-42-24-7-5-4-6-20(24)26(41-42)28-37-14-18(8-10-35-16-29(32,33)34)27(40-28)39-25-9-11-36-17(2)38-25/h4-7,9,11-14,35H,3,8,10,15-16H2,1-2H3,(H,36,37,38,39,40). The van der Waals surface area contributed by atoms with Crippen LogP contribution < -0.4 is 15.4 Å². The zero-order chi connectivity index (χ0) is 30.6. The number of hydrogen-bond donors (Lipinski definition) is 2. The van der Waals surface area contributed by atoms with Gasteiger partial charge in [-0.05, 0) is 38.9 Å². The lowest BCUT2D eigenvalue weighted by Gasteiger charge is -2.13. The number of anilines is 2. The summed E-state index contributed by atoms with van der Waals surface area (Å²) >= 11 is 0. The molecule has 2 aromatic carbocycles. The first-order chi connectivity index (χ1) is 20.6. The molecule has 0 unspecified atom stereocenters. The number of rotatable bonds is 11. The number of nitrogens with one attached hydrogen (secondary N) is 2. The lowest BCUT2D eigenvalue weighted by atomic mass is 10.1. The third kappa shape index (κ3) is 7.20. The zero-order valence-electron chi connectivity index (χ0n) is 23.2. The Bertz CT molecular complexity index is 1720. The van der Waals surface area contributed by atoms with Crippen LogP contribution in [0.3, 0.4) is 0 Å². The molecule has 0 radical (unpaired) electrons. The topological polar surface area (TPSA) is 103 Å². The van der Waals surface area contributed by atoms with E-state index in [2.05, 4.69) is 35.7 Å². The molecule has 0 aliphatic heterocycles. The Kier molecular flexibility index (Phi) is 8.76. The van der Waals surface area contributed by atoms with Gasteiger partial charge < -0.3 is 15.4 Å². The summed E-state index contributed by atoms with van der Waals surface area (Å²) in [5, 5.41) is 10.7. The van der Waals surface area contributed by atoms with Crippen molar-refractivity contribution in [1.82, 2.24) is 35.0 Å². The monoisotopic (exact) mass is 598 g/mol. The van der Waals surface area contributed by atoms with E-state index in [-0.39, 0.29) is 43.3 Å². The van der Waals surface area contributed by atoms with E-state index in [9.17, 15) is 22.0 Å². The minimum absolute atomic E-state index is 0.0243. The molecule has 0 saturated carbocycles. The summed E-state index contributed by atoms with van der Waals surface area (Å²) in [7, 11) is 0. The van der Waals surface area contributed by atoms with Crippen molar-refractivity contribution in [2.75, 3.05) is 25.0 Å². The minimum atomic E-state index is -4.34. The van der Waals surface area contributed by atoms with Gasteiger partial charge in [0, 0.05) is 41.0 Å². The molecule has 5 aromatic rings. The molecule has 14 heteroatoms. The molecule has 3 heterocycles. The molecule has 3 aromatic heterocycles. The van der Waals surface area contributed by atoms with Crippen LogP contribution in [0.2, 0.25) is 0 Å². The molecule has 0 saturated heterocycles. The summed E-state index contributed by atoms with van der Waals surface area (Å²) in [6.45, 7) is 2.39. The normalized spacial score (nSPS) is 11.7. The Morgan fingerprint density at radius 2 is 1.77 bits per heavy atom. The predicted octanol–water partition coefficient (Wildman–Crippen LogP) is 5.75. The second-order valence-corrected chi connectivity index (χ2v) is 9.55. The molecule has 5 rings (SSSR count). The molecular formula is C29H27F5N8O. The van der Waals surface area contributed by atoms with E-state index in [1.165, 1.54) is 10.9 Å². The average Bonchev–Trinajstić information content (AvgIpc) is 3.32. The molecule has 2 N–H and O–H groups in total. The number of aromatic nitrogens is 6. The molecule has 0 bridgehead atoms. The van der Waals surface area contributed by atoms with E-state index in [4.69, 9.17) is 4.74 Å². The van der Waals surface area contributed by atoms with Crippen LogP contribution in [0.1, 0.15) is 23.9 Å². The molecule has 0 fully saturated rings. The second-order valence-electron chi connectivity index (χ2n) is 9.55. The van der Waals surface area contributed by atoms with Gasteiger partial charge in [0.05, 0.1) is 25.2 Å². The smallest absolute Gasteiger partial charge is 0.401 e. The van der Waals surface area contributed by atoms with Gasteiger partial charge in [0.15, 0.2) is 5.82 Å². The van der Waals surface area contributed by atoms with Crippen molar-refractivity contribution < 1.29 is 26.7 Å². The van der Waals surface area contributed by atoms with Gasteiger partial charge in [-0.2, -0.15) is 18.3 Å². The number of fused-ring (bicyclic) bond motifs is 1. The average molecular weight is 599 g/mol. The number of aryl methyl sites for hydroxylation is 1. The number of para-hydroxylation sites is 1. The van der Waals surface area contributed by atoms with Crippen molar-refractivity contribution in [2.24, 2.45) is 0 Å². The van der Waals surface area contributed by atoms with Crippen LogP contribution in [0, 0.1) is 18.6 Å². The highest BCUT2D eigenvalue weighted by molar-refractivity contribution is 5.91. The third-order valence-electron chi connectivity index (χ3n) is 6.39. The van der Waals surface area contributed by atoms with Crippen LogP contribution in [0.5, 0.6) is 5.75 Å². The molecule has 0 spiro atoms. The van der Waals surface area contributed by atoms with Crippen molar-refractivity contribution >= 4 is 22.5 Å². The summed E-state index contributed by atoms with van der Waals surface area (Å²) < 4.78 is 74.4. The third-order valence-corrected chi connectivity index (χ3v) is 6.39. The van der Waals surface area contributed by atoms with Gasteiger partial charge in [0.25, 0.3) is 0 Å². The molecule has 0 atom stereocenters. The molecule has 0 aliphatic carbocycles. The van der Waals surface area contributed by atoms with E-state index in [1.54, 1.807) is 50.4 Å². The van der Waals surface area contributed by atoms with Crippen molar-refractivity contribution in [3.63, 3.8) is 0 Å². The minimum Gasteiger partial charge on any atom is -0.494 e. The number of nitrogens with zero attached hydrogens (tertiary/aromatic N) is 6. The van der Waals surface area contributed by atoms with Crippen LogP contribution >= 0.6 is 0 Å². The van der Waals surface area contributed by atoms with Crippen molar-refractivity contribution in [3.05, 3.63) is 83.4 Å². The lowest BCUT2D eigenvalue weighted by Crippen LogP contribution is -2.30. The van der Waals surface area contributed by atoms with Crippen LogP contribution in [0.15, 0.2) is 54.9 Å². The van der Waals surface area contributed by atoms with E-state index in [0.29, 0.717) is 39.6 Å². The maximum Gasteiger partial charge on any atom is 0.401 e. The molecule has 9 nitrogen and oxygen atoms in total. The Balaban J connectivity index is 1.51. The maximum atomic E-state index is 14.9. The Morgan fingerprint density at radius 1 is 1.00 bits per heavy atom.